The molecule has 3 N–H and O–H groups in total. The Hall–Kier alpha value is -4.00. The van der Waals surface area contributed by atoms with Crippen LogP contribution in [0.5, 0.6) is 23.0 Å². The van der Waals surface area contributed by atoms with Gasteiger partial charge in [0.2, 0.25) is 0 Å². The Morgan fingerprint density at radius 2 is 1.48 bits per heavy atom. The first kappa shape index (κ1) is 17.1. The molecule has 0 radical (unpaired) electrons. The van der Waals surface area contributed by atoms with Crippen LogP contribution < -0.4 is 4.74 Å². The van der Waals surface area contributed by atoms with E-state index >= 15 is 0 Å². The lowest BCUT2D eigenvalue weighted by molar-refractivity contribution is -0.136. The fourth-order valence-electron chi connectivity index (χ4n) is 4.03. The molecule has 2 aliphatic rings. The molecule has 2 aliphatic heterocycles. The van der Waals surface area contributed by atoms with E-state index in [0.717, 1.165) is 0 Å². The molecule has 0 amide bonds. The van der Waals surface area contributed by atoms with E-state index in [1.807, 2.05) is 0 Å². The maximum Gasteiger partial charge on any atom is 0.340 e. The largest absolute Gasteiger partial charge is 0.508 e. The van der Waals surface area contributed by atoms with Gasteiger partial charge in [-0.2, -0.15) is 0 Å². The summed E-state index contributed by atoms with van der Waals surface area (Å²) < 4.78 is 11.8. The third-order valence-electron chi connectivity index (χ3n) is 5.19. The summed E-state index contributed by atoms with van der Waals surface area (Å²) in [7, 11) is 0. The fraction of sp³-hybridized carbons (Fsp3) is 0.0909. The van der Waals surface area contributed by atoms with Gasteiger partial charge in [0, 0.05) is 28.8 Å². The highest BCUT2D eigenvalue weighted by molar-refractivity contribution is 5.97. The van der Waals surface area contributed by atoms with Crippen molar-refractivity contribution in [1.29, 1.82) is 0 Å². The van der Waals surface area contributed by atoms with Crippen molar-refractivity contribution < 1.29 is 34.4 Å². The third kappa shape index (κ3) is 2.37. The second-order valence-corrected chi connectivity index (χ2v) is 6.98. The van der Waals surface area contributed by atoms with Crippen molar-refractivity contribution in [1.82, 2.24) is 0 Å². The molecular weight excluding hydrogens is 376 g/mol. The van der Waals surface area contributed by atoms with E-state index in [-0.39, 0.29) is 29.4 Å². The number of fused-ring (bicyclic) bond motifs is 6. The summed E-state index contributed by atoms with van der Waals surface area (Å²) in [4.78, 5) is 23.9. The SMILES string of the molecule is O=C(O)Cc1ccc2c(c1)C1(OC2=O)c2ccc(O)cc2Oc2cc(O)ccc21. The highest BCUT2D eigenvalue weighted by Gasteiger charge is 2.53. The number of phenolic OH excluding ortho intramolecular Hbond substituents is 2. The molecule has 3 aromatic rings. The second kappa shape index (κ2) is 5.75. The number of aromatic hydroxyl groups is 2. The van der Waals surface area contributed by atoms with Gasteiger partial charge in [0.25, 0.3) is 0 Å². The number of carbonyl (C=O) groups excluding carboxylic acids is 1. The molecule has 0 saturated carbocycles. The van der Waals surface area contributed by atoms with Crippen molar-refractivity contribution in [3.05, 3.63) is 82.4 Å². The van der Waals surface area contributed by atoms with E-state index in [0.29, 0.717) is 27.8 Å². The van der Waals surface area contributed by atoms with Crippen LogP contribution in [-0.4, -0.2) is 27.3 Å². The Labute approximate surface area is 164 Å². The molecule has 7 nitrogen and oxygen atoms in total. The summed E-state index contributed by atoms with van der Waals surface area (Å²) >= 11 is 0. The first-order chi connectivity index (χ1) is 13.9. The molecule has 3 aromatic carbocycles. The first-order valence-corrected chi connectivity index (χ1v) is 8.82. The molecule has 1 spiro atoms. The van der Waals surface area contributed by atoms with Crippen LogP contribution in [0.2, 0.25) is 0 Å². The number of carboxylic acid groups (broad SMARTS) is 1. The lowest BCUT2D eigenvalue weighted by Gasteiger charge is -2.36. The molecule has 29 heavy (non-hydrogen) atoms. The number of rotatable bonds is 2. The number of hydrogen-bond donors (Lipinski definition) is 3. The van der Waals surface area contributed by atoms with Crippen LogP contribution in [0.3, 0.4) is 0 Å². The van der Waals surface area contributed by atoms with Crippen molar-refractivity contribution in [3.63, 3.8) is 0 Å². The molecule has 5 rings (SSSR count). The van der Waals surface area contributed by atoms with Gasteiger partial charge in [0.15, 0.2) is 5.60 Å². The van der Waals surface area contributed by atoms with Crippen molar-refractivity contribution in [2.45, 2.75) is 12.0 Å². The van der Waals surface area contributed by atoms with E-state index in [2.05, 4.69) is 0 Å². The fourth-order valence-corrected chi connectivity index (χ4v) is 4.03. The minimum absolute atomic E-state index is 0.0355. The predicted molar refractivity (Wildman–Crippen MR) is 99.4 cm³/mol. The van der Waals surface area contributed by atoms with Gasteiger partial charge in [-0.15, -0.1) is 0 Å². The zero-order chi connectivity index (χ0) is 20.3. The lowest BCUT2D eigenvalue weighted by Crippen LogP contribution is -2.33. The minimum atomic E-state index is -1.38. The molecule has 7 heteroatoms. The Morgan fingerprint density at radius 3 is 2.07 bits per heavy atom. The molecular formula is C22H14O7. The third-order valence-corrected chi connectivity index (χ3v) is 5.19. The lowest BCUT2D eigenvalue weighted by atomic mass is 9.77. The summed E-state index contributed by atoms with van der Waals surface area (Å²) in [6.45, 7) is 0. The van der Waals surface area contributed by atoms with Gasteiger partial charge in [-0.3, -0.25) is 4.79 Å². The number of benzene rings is 3. The van der Waals surface area contributed by atoms with Crippen LogP contribution in [0, 0.1) is 0 Å². The number of phenols is 2. The summed E-state index contributed by atoms with van der Waals surface area (Å²) in [6, 6.07) is 13.7. The van der Waals surface area contributed by atoms with Gasteiger partial charge < -0.3 is 24.8 Å². The van der Waals surface area contributed by atoms with Crippen molar-refractivity contribution in [2.24, 2.45) is 0 Å². The van der Waals surface area contributed by atoms with E-state index in [9.17, 15) is 24.9 Å². The topological polar surface area (TPSA) is 113 Å². The average molecular weight is 390 g/mol. The molecule has 144 valence electrons. The zero-order valence-electron chi connectivity index (χ0n) is 14.9. The molecule has 0 unspecified atom stereocenters. The first-order valence-electron chi connectivity index (χ1n) is 8.82. The van der Waals surface area contributed by atoms with E-state index in [1.165, 1.54) is 24.3 Å². The quantitative estimate of drug-likeness (QED) is 0.576. The number of hydrogen-bond acceptors (Lipinski definition) is 6. The van der Waals surface area contributed by atoms with Crippen LogP contribution >= 0.6 is 0 Å². The van der Waals surface area contributed by atoms with E-state index in [1.54, 1.807) is 30.3 Å². The van der Waals surface area contributed by atoms with Crippen LogP contribution in [-0.2, 0) is 21.6 Å². The molecule has 0 bridgehead atoms. The highest BCUT2D eigenvalue weighted by Crippen LogP contribution is 2.57. The number of carbonyl (C=O) groups is 2. The normalized spacial score (nSPS) is 15.1. The summed E-state index contributed by atoms with van der Waals surface area (Å²) in [5.41, 5.74) is 0.926. The van der Waals surface area contributed by atoms with Gasteiger partial charge in [0.1, 0.15) is 23.0 Å². The number of ether oxygens (including phenoxy) is 2. The number of esters is 1. The van der Waals surface area contributed by atoms with Crippen LogP contribution in [0.25, 0.3) is 0 Å². The van der Waals surface area contributed by atoms with Crippen molar-refractivity contribution in [2.75, 3.05) is 0 Å². The molecule has 2 heterocycles. The van der Waals surface area contributed by atoms with E-state index in [4.69, 9.17) is 9.47 Å². The molecule has 0 atom stereocenters. The average Bonchev–Trinajstić information content (AvgIpc) is 2.93. The maximum atomic E-state index is 12.7. The van der Waals surface area contributed by atoms with Gasteiger partial charge in [0.05, 0.1) is 12.0 Å². The van der Waals surface area contributed by atoms with Crippen molar-refractivity contribution in [3.8, 4) is 23.0 Å². The molecule has 0 fully saturated rings. The zero-order valence-corrected chi connectivity index (χ0v) is 14.9. The smallest absolute Gasteiger partial charge is 0.340 e. The van der Waals surface area contributed by atoms with Crippen LogP contribution in [0.15, 0.2) is 54.6 Å². The van der Waals surface area contributed by atoms with Crippen molar-refractivity contribution >= 4 is 11.9 Å². The number of carboxylic acids is 1. The van der Waals surface area contributed by atoms with Gasteiger partial charge in [-0.1, -0.05) is 6.07 Å². The molecule has 0 aliphatic carbocycles. The van der Waals surface area contributed by atoms with Gasteiger partial charge in [-0.05, 0) is 42.0 Å². The van der Waals surface area contributed by atoms with Crippen LogP contribution in [0.4, 0.5) is 0 Å². The Bertz CT molecular complexity index is 1160. The molecule has 0 saturated heterocycles. The molecule has 0 aromatic heterocycles. The highest BCUT2D eigenvalue weighted by atomic mass is 16.6. The van der Waals surface area contributed by atoms with Crippen LogP contribution in [0.1, 0.15) is 32.6 Å². The van der Waals surface area contributed by atoms with Gasteiger partial charge >= 0.3 is 11.9 Å². The van der Waals surface area contributed by atoms with Gasteiger partial charge in [-0.25, -0.2) is 4.79 Å². The summed E-state index contributed by atoms with van der Waals surface area (Å²) in [5.74, 6) is -1.08. The maximum absolute atomic E-state index is 12.7. The summed E-state index contributed by atoms with van der Waals surface area (Å²) in [6.07, 6.45) is -0.209. The Balaban J connectivity index is 1.85. The standard InChI is InChI=1S/C22H14O7/c23-12-2-5-15-18(9-12)28-19-10-13(24)3-6-16(19)22(15)17-7-11(8-20(25)26)1-4-14(17)21(27)29-22/h1-7,9-10,23-24H,8H2,(H,25,26). The monoisotopic (exact) mass is 390 g/mol. The summed E-state index contributed by atoms with van der Waals surface area (Å²) in [5, 5.41) is 29.0. The second-order valence-electron chi connectivity index (χ2n) is 6.98. The Kier molecular flexibility index (Phi) is 3.39. The number of aliphatic carboxylic acids is 1. The minimum Gasteiger partial charge on any atom is -0.508 e. The van der Waals surface area contributed by atoms with E-state index < -0.39 is 17.5 Å². The predicted octanol–water partition coefficient (Wildman–Crippen LogP) is 3.29. The Morgan fingerprint density at radius 1 is 0.862 bits per heavy atom.